The van der Waals surface area contributed by atoms with Crippen LogP contribution in [-0.2, 0) is 6.54 Å². The van der Waals surface area contributed by atoms with Crippen LogP contribution in [0.4, 0.5) is 10.8 Å². The van der Waals surface area contributed by atoms with Gasteiger partial charge in [0.2, 0.25) is 0 Å². The Bertz CT molecular complexity index is 498. The number of rotatable bonds is 4. The Balaban J connectivity index is 2.15. The minimum atomic E-state index is 0.567. The van der Waals surface area contributed by atoms with Crippen LogP contribution in [0, 0.1) is 0 Å². The molecule has 0 atom stereocenters. The normalized spacial score (nSPS) is 10.2. The van der Waals surface area contributed by atoms with E-state index in [1.54, 1.807) is 7.11 Å². The number of hydrogen-bond donors (Lipinski definition) is 1. The highest BCUT2D eigenvalue weighted by Crippen LogP contribution is 2.25. The van der Waals surface area contributed by atoms with Crippen molar-refractivity contribution in [2.45, 2.75) is 6.54 Å². The molecule has 5 heteroatoms. The Morgan fingerprint density at radius 3 is 2.82 bits per heavy atom. The lowest BCUT2D eigenvalue weighted by atomic mass is 10.2. The number of nitrogens with zero attached hydrogens (tertiary/aromatic N) is 2. The number of nitrogens with two attached hydrogens (primary N) is 1. The Hall–Kier alpha value is -1.75. The first-order valence-electron chi connectivity index (χ1n) is 5.26. The molecule has 1 heterocycles. The molecule has 0 spiro atoms. The fourth-order valence-electron chi connectivity index (χ4n) is 1.63. The average molecular weight is 249 g/mol. The van der Waals surface area contributed by atoms with Gasteiger partial charge in [-0.3, -0.25) is 0 Å². The van der Waals surface area contributed by atoms with Crippen molar-refractivity contribution in [2.24, 2.45) is 0 Å². The molecule has 1 aromatic carbocycles. The second kappa shape index (κ2) is 5.05. The first-order chi connectivity index (χ1) is 8.20. The molecule has 0 bridgehead atoms. The van der Waals surface area contributed by atoms with Gasteiger partial charge >= 0.3 is 0 Å². The van der Waals surface area contributed by atoms with Crippen LogP contribution in [0.2, 0.25) is 0 Å². The zero-order valence-electron chi connectivity index (χ0n) is 9.88. The van der Waals surface area contributed by atoms with Crippen LogP contribution in [-0.4, -0.2) is 18.5 Å². The van der Waals surface area contributed by atoms with E-state index in [1.807, 2.05) is 31.3 Å². The maximum Gasteiger partial charge on any atom is 0.139 e. The number of methoxy groups -OCH3 is 1. The highest BCUT2D eigenvalue weighted by molar-refractivity contribution is 7.10. The van der Waals surface area contributed by atoms with Gasteiger partial charge in [0.05, 0.1) is 7.11 Å². The highest BCUT2D eigenvalue weighted by atomic mass is 32.1. The lowest BCUT2D eigenvalue weighted by Gasteiger charge is -2.18. The van der Waals surface area contributed by atoms with Gasteiger partial charge in [-0.1, -0.05) is 18.2 Å². The third-order valence-corrected chi connectivity index (χ3v) is 3.41. The van der Waals surface area contributed by atoms with Crippen molar-refractivity contribution in [3.8, 4) is 5.75 Å². The van der Waals surface area contributed by atoms with E-state index in [1.165, 1.54) is 11.5 Å². The van der Waals surface area contributed by atoms with E-state index >= 15 is 0 Å². The van der Waals surface area contributed by atoms with Crippen LogP contribution >= 0.6 is 11.5 Å². The van der Waals surface area contributed by atoms with Crippen LogP contribution in [0.15, 0.2) is 30.3 Å². The van der Waals surface area contributed by atoms with Gasteiger partial charge < -0.3 is 15.4 Å². The summed E-state index contributed by atoms with van der Waals surface area (Å²) in [7, 11) is 3.70. The van der Waals surface area contributed by atoms with E-state index in [0.717, 1.165) is 22.9 Å². The van der Waals surface area contributed by atoms with Gasteiger partial charge in [0.1, 0.15) is 16.6 Å². The fraction of sp³-hybridized carbons (Fsp3) is 0.250. The molecule has 2 aromatic rings. The van der Waals surface area contributed by atoms with Crippen LogP contribution in [0.5, 0.6) is 5.75 Å². The zero-order chi connectivity index (χ0) is 12.3. The summed E-state index contributed by atoms with van der Waals surface area (Å²) in [5.74, 6) is 1.47. The predicted molar refractivity (Wildman–Crippen MR) is 71.6 cm³/mol. The molecule has 0 radical (unpaired) electrons. The number of hydrogen-bond acceptors (Lipinski definition) is 5. The summed E-state index contributed by atoms with van der Waals surface area (Å²) in [6.45, 7) is 0.769. The molecule has 4 nitrogen and oxygen atoms in total. The van der Waals surface area contributed by atoms with Gasteiger partial charge in [-0.2, -0.15) is 4.37 Å². The smallest absolute Gasteiger partial charge is 0.139 e. The molecule has 0 saturated heterocycles. The molecule has 0 saturated carbocycles. The zero-order valence-corrected chi connectivity index (χ0v) is 10.7. The summed E-state index contributed by atoms with van der Waals surface area (Å²) in [5.41, 5.74) is 6.76. The molecule has 0 aliphatic rings. The molecule has 2 N–H and O–H groups in total. The predicted octanol–water partition coefficient (Wildman–Crippen LogP) is 2.37. The maximum atomic E-state index is 5.61. The molecule has 0 amide bonds. The Labute approximate surface area is 105 Å². The van der Waals surface area contributed by atoms with Crippen molar-refractivity contribution in [3.63, 3.8) is 0 Å². The fourth-order valence-corrected chi connectivity index (χ4v) is 2.25. The quantitative estimate of drug-likeness (QED) is 0.903. The number of para-hydroxylation sites is 1. The van der Waals surface area contributed by atoms with Gasteiger partial charge in [-0.25, -0.2) is 0 Å². The summed E-state index contributed by atoms with van der Waals surface area (Å²) in [4.78, 5) is 2.10. The molecule has 17 heavy (non-hydrogen) atoms. The summed E-state index contributed by atoms with van der Waals surface area (Å²) in [5, 5.41) is 1.05. The van der Waals surface area contributed by atoms with Crippen molar-refractivity contribution >= 4 is 22.4 Å². The van der Waals surface area contributed by atoms with E-state index in [2.05, 4.69) is 15.3 Å². The molecular weight excluding hydrogens is 234 g/mol. The van der Waals surface area contributed by atoms with Gasteiger partial charge in [0, 0.05) is 25.2 Å². The average Bonchev–Trinajstić information content (AvgIpc) is 2.77. The molecule has 1 aromatic heterocycles. The van der Waals surface area contributed by atoms with Gasteiger partial charge in [0.15, 0.2) is 0 Å². The first-order valence-corrected chi connectivity index (χ1v) is 6.03. The number of benzene rings is 1. The van der Waals surface area contributed by atoms with E-state index in [9.17, 15) is 0 Å². The summed E-state index contributed by atoms with van der Waals surface area (Å²) >= 11 is 1.40. The largest absolute Gasteiger partial charge is 0.496 e. The van der Waals surface area contributed by atoms with E-state index in [-0.39, 0.29) is 0 Å². The lowest BCUT2D eigenvalue weighted by Crippen LogP contribution is -2.15. The minimum absolute atomic E-state index is 0.567. The molecule has 0 unspecified atom stereocenters. The standard InChI is InChI=1S/C12H15N3OS/c1-15(12-7-11(13)14-17-12)8-9-5-3-4-6-10(9)16-2/h3-7H,8H2,1-2H3,(H2,13,14). The molecule has 0 aliphatic carbocycles. The molecule has 2 rings (SSSR count). The van der Waals surface area contributed by atoms with E-state index < -0.39 is 0 Å². The van der Waals surface area contributed by atoms with Gasteiger partial charge in [-0.05, 0) is 17.6 Å². The topological polar surface area (TPSA) is 51.4 Å². The van der Waals surface area contributed by atoms with Crippen molar-refractivity contribution in [3.05, 3.63) is 35.9 Å². The maximum absolute atomic E-state index is 5.61. The van der Waals surface area contributed by atoms with Gasteiger partial charge in [-0.15, -0.1) is 0 Å². The van der Waals surface area contributed by atoms with Crippen LogP contribution in [0.3, 0.4) is 0 Å². The Kier molecular flexibility index (Phi) is 3.49. The number of ether oxygens (including phenoxy) is 1. The molecule has 90 valence electrons. The molecule has 0 fully saturated rings. The van der Waals surface area contributed by atoms with E-state index in [4.69, 9.17) is 10.5 Å². The first kappa shape index (κ1) is 11.7. The van der Waals surface area contributed by atoms with Crippen molar-refractivity contribution in [2.75, 3.05) is 24.8 Å². The van der Waals surface area contributed by atoms with Crippen LogP contribution < -0.4 is 15.4 Å². The van der Waals surface area contributed by atoms with Crippen molar-refractivity contribution < 1.29 is 4.74 Å². The third kappa shape index (κ3) is 2.68. The van der Waals surface area contributed by atoms with Gasteiger partial charge in [0.25, 0.3) is 0 Å². The molecular formula is C12H15N3OS. The third-order valence-electron chi connectivity index (χ3n) is 2.49. The number of anilines is 2. The summed E-state index contributed by atoms with van der Waals surface area (Å²) in [6, 6.07) is 9.86. The second-order valence-electron chi connectivity index (χ2n) is 3.76. The second-order valence-corrected chi connectivity index (χ2v) is 4.54. The Morgan fingerprint density at radius 1 is 1.41 bits per heavy atom. The SMILES string of the molecule is COc1ccccc1CN(C)c1cc(N)ns1. The van der Waals surface area contributed by atoms with Crippen LogP contribution in [0.1, 0.15) is 5.56 Å². The Morgan fingerprint density at radius 2 is 2.18 bits per heavy atom. The monoisotopic (exact) mass is 249 g/mol. The molecule has 0 aliphatic heterocycles. The van der Waals surface area contributed by atoms with Crippen molar-refractivity contribution in [1.29, 1.82) is 0 Å². The summed E-state index contributed by atoms with van der Waals surface area (Å²) in [6.07, 6.45) is 0. The van der Waals surface area contributed by atoms with E-state index in [0.29, 0.717) is 5.82 Å². The van der Waals surface area contributed by atoms with Crippen LogP contribution in [0.25, 0.3) is 0 Å². The highest BCUT2D eigenvalue weighted by Gasteiger charge is 2.08. The number of nitrogen functional groups attached to an aromatic ring is 1. The lowest BCUT2D eigenvalue weighted by molar-refractivity contribution is 0.409. The van der Waals surface area contributed by atoms with Crippen molar-refractivity contribution in [1.82, 2.24) is 4.37 Å². The number of aromatic nitrogens is 1. The minimum Gasteiger partial charge on any atom is -0.496 e. The summed E-state index contributed by atoms with van der Waals surface area (Å²) < 4.78 is 9.39.